The monoisotopic (exact) mass is 483 g/mol. The van der Waals surface area contributed by atoms with E-state index in [1.54, 1.807) is 12.1 Å². The average molecular weight is 485 g/mol. The van der Waals surface area contributed by atoms with Gasteiger partial charge in [0.05, 0.1) is 22.4 Å². The van der Waals surface area contributed by atoms with E-state index in [9.17, 15) is 0 Å². The maximum Gasteiger partial charge on any atom is 0.156 e. The third kappa shape index (κ3) is 12.5. The smallest absolute Gasteiger partial charge is 0.156 e. The average Bonchev–Trinajstić information content (AvgIpc) is 2.61. The SMILES string of the molecule is CC(CC(C)C)=NOCCCCCCOc1c(Cl)cc(OCC=C(Cl)Cl)cc1Cl. The summed E-state index contributed by atoms with van der Waals surface area (Å²) in [6.07, 6.45) is 6.44. The summed E-state index contributed by atoms with van der Waals surface area (Å²) in [5.74, 6) is 1.58. The molecule has 0 fully saturated rings. The molecule has 0 radical (unpaired) electrons. The lowest BCUT2D eigenvalue weighted by molar-refractivity contribution is 0.138. The molecule has 164 valence electrons. The van der Waals surface area contributed by atoms with Crippen LogP contribution in [0.2, 0.25) is 10.0 Å². The minimum atomic E-state index is 0.141. The molecular formula is C21H29Cl4NO3. The first-order chi connectivity index (χ1) is 13.8. The van der Waals surface area contributed by atoms with Gasteiger partial charge in [0.2, 0.25) is 0 Å². The van der Waals surface area contributed by atoms with E-state index in [-0.39, 0.29) is 11.1 Å². The van der Waals surface area contributed by atoms with Crippen LogP contribution < -0.4 is 9.47 Å². The Hall–Kier alpha value is -0.810. The van der Waals surface area contributed by atoms with E-state index in [1.807, 2.05) is 6.92 Å². The number of halogens is 4. The molecule has 0 N–H and O–H groups in total. The van der Waals surface area contributed by atoms with E-state index in [2.05, 4.69) is 19.0 Å². The van der Waals surface area contributed by atoms with Crippen LogP contribution in [0.15, 0.2) is 27.9 Å². The molecule has 0 aliphatic rings. The van der Waals surface area contributed by atoms with E-state index >= 15 is 0 Å². The van der Waals surface area contributed by atoms with Crippen LogP contribution in [0.4, 0.5) is 0 Å². The highest BCUT2D eigenvalue weighted by molar-refractivity contribution is 6.55. The minimum absolute atomic E-state index is 0.141. The molecule has 1 rings (SSSR count). The summed E-state index contributed by atoms with van der Waals surface area (Å²) in [6.45, 7) is 7.73. The third-order valence-corrected chi connectivity index (χ3v) is 4.63. The van der Waals surface area contributed by atoms with Crippen LogP contribution in [0.3, 0.4) is 0 Å². The zero-order valence-electron chi connectivity index (χ0n) is 17.2. The number of nitrogens with zero attached hydrogens (tertiary/aromatic N) is 1. The fourth-order valence-corrected chi connectivity index (χ4v) is 3.24. The summed E-state index contributed by atoms with van der Waals surface area (Å²) in [7, 11) is 0. The van der Waals surface area contributed by atoms with E-state index in [4.69, 9.17) is 60.7 Å². The Morgan fingerprint density at radius 3 is 2.21 bits per heavy atom. The van der Waals surface area contributed by atoms with Gasteiger partial charge in [0, 0.05) is 12.1 Å². The maximum atomic E-state index is 6.24. The summed E-state index contributed by atoms with van der Waals surface area (Å²) >= 11 is 23.6. The van der Waals surface area contributed by atoms with Crippen molar-refractivity contribution >= 4 is 52.1 Å². The van der Waals surface area contributed by atoms with Crippen molar-refractivity contribution in [2.24, 2.45) is 11.1 Å². The Labute approximate surface area is 194 Å². The molecule has 0 aliphatic heterocycles. The lowest BCUT2D eigenvalue weighted by atomic mass is 10.1. The maximum absolute atomic E-state index is 6.24. The Morgan fingerprint density at radius 1 is 1.00 bits per heavy atom. The van der Waals surface area contributed by atoms with E-state index in [0.717, 1.165) is 37.8 Å². The molecule has 1 aromatic carbocycles. The second-order valence-corrected chi connectivity index (χ2v) is 8.86. The quantitative estimate of drug-likeness (QED) is 0.152. The van der Waals surface area contributed by atoms with Gasteiger partial charge in [-0.05, 0) is 51.0 Å². The molecule has 0 bridgehead atoms. The second-order valence-electron chi connectivity index (χ2n) is 7.04. The minimum Gasteiger partial charge on any atom is -0.490 e. The molecule has 29 heavy (non-hydrogen) atoms. The van der Waals surface area contributed by atoms with Crippen molar-refractivity contribution in [3.8, 4) is 11.5 Å². The molecule has 0 atom stereocenters. The van der Waals surface area contributed by atoms with Gasteiger partial charge in [-0.25, -0.2) is 0 Å². The highest BCUT2D eigenvalue weighted by Gasteiger charge is 2.10. The normalized spacial score (nSPS) is 11.5. The molecule has 0 amide bonds. The fraction of sp³-hybridized carbons (Fsp3) is 0.571. The number of ether oxygens (including phenoxy) is 2. The van der Waals surface area contributed by atoms with Crippen LogP contribution in [0, 0.1) is 5.92 Å². The summed E-state index contributed by atoms with van der Waals surface area (Å²) in [5.41, 5.74) is 1.04. The zero-order chi connectivity index (χ0) is 21.6. The van der Waals surface area contributed by atoms with Gasteiger partial charge in [0.15, 0.2) is 5.75 Å². The number of unbranched alkanes of at least 4 members (excludes halogenated alkanes) is 3. The number of hydrogen-bond donors (Lipinski definition) is 0. The largest absolute Gasteiger partial charge is 0.490 e. The first kappa shape index (κ1) is 26.2. The van der Waals surface area contributed by atoms with Crippen molar-refractivity contribution in [2.45, 2.75) is 52.9 Å². The molecule has 8 heteroatoms. The zero-order valence-corrected chi connectivity index (χ0v) is 20.2. The predicted molar refractivity (Wildman–Crippen MR) is 124 cm³/mol. The lowest BCUT2D eigenvalue weighted by Gasteiger charge is -2.12. The highest BCUT2D eigenvalue weighted by atomic mass is 35.5. The van der Waals surface area contributed by atoms with Crippen molar-refractivity contribution in [2.75, 3.05) is 19.8 Å². The summed E-state index contributed by atoms with van der Waals surface area (Å²) < 4.78 is 11.3. The summed E-state index contributed by atoms with van der Waals surface area (Å²) in [6, 6.07) is 3.30. The van der Waals surface area contributed by atoms with Crippen molar-refractivity contribution in [1.82, 2.24) is 0 Å². The number of benzene rings is 1. The molecule has 0 unspecified atom stereocenters. The number of hydrogen-bond acceptors (Lipinski definition) is 4. The molecule has 4 nitrogen and oxygen atoms in total. The lowest BCUT2D eigenvalue weighted by Crippen LogP contribution is -2.01. The Balaban J connectivity index is 2.23. The molecule has 0 aromatic heterocycles. The van der Waals surface area contributed by atoms with Crippen LogP contribution in [-0.4, -0.2) is 25.5 Å². The van der Waals surface area contributed by atoms with Crippen LogP contribution in [0.25, 0.3) is 0 Å². The van der Waals surface area contributed by atoms with Gasteiger partial charge in [0.25, 0.3) is 0 Å². The van der Waals surface area contributed by atoms with Gasteiger partial charge in [-0.3, -0.25) is 0 Å². The topological polar surface area (TPSA) is 40.0 Å². The van der Waals surface area contributed by atoms with Crippen molar-refractivity contribution in [3.05, 3.63) is 32.7 Å². The molecule has 0 spiro atoms. The van der Waals surface area contributed by atoms with Gasteiger partial charge < -0.3 is 14.3 Å². The first-order valence-corrected chi connectivity index (χ1v) is 11.2. The van der Waals surface area contributed by atoms with Crippen LogP contribution in [0.5, 0.6) is 11.5 Å². The highest BCUT2D eigenvalue weighted by Crippen LogP contribution is 2.37. The van der Waals surface area contributed by atoms with Gasteiger partial charge in [-0.1, -0.05) is 65.4 Å². The Bertz CT molecular complexity index is 651. The van der Waals surface area contributed by atoms with E-state index in [0.29, 0.717) is 40.7 Å². The Kier molecular flexibility index (Phi) is 13.6. The van der Waals surface area contributed by atoms with Crippen LogP contribution in [0.1, 0.15) is 52.9 Å². The van der Waals surface area contributed by atoms with Crippen molar-refractivity contribution in [1.29, 1.82) is 0 Å². The van der Waals surface area contributed by atoms with Gasteiger partial charge in [0.1, 0.15) is 23.5 Å². The number of oxime groups is 1. The van der Waals surface area contributed by atoms with Crippen LogP contribution in [-0.2, 0) is 4.84 Å². The second kappa shape index (κ2) is 15.1. The molecule has 1 aromatic rings. The predicted octanol–water partition coefficient (Wildman–Crippen LogP) is 8.07. The molecule has 0 aliphatic carbocycles. The number of rotatable bonds is 14. The van der Waals surface area contributed by atoms with Gasteiger partial charge >= 0.3 is 0 Å². The van der Waals surface area contributed by atoms with E-state index in [1.165, 1.54) is 6.08 Å². The van der Waals surface area contributed by atoms with Crippen molar-refractivity contribution in [3.63, 3.8) is 0 Å². The van der Waals surface area contributed by atoms with Crippen LogP contribution >= 0.6 is 46.4 Å². The summed E-state index contributed by atoms with van der Waals surface area (Å²) in [4.78, 5) is 5.35. The fourth-order valence-electron chi connectivity index (χ4n) is 2.54. The standard InChI is InChI=1S/C21H29Cl4NO3/c1-15(2)12-16(3)26-29-10-7-5-4-6-9-28-21-18(22)13-17(14-19(21)23)27-11-8-20(24)25/h8,13-15H,4-7,9-12H2,1-3H3. The van der Waals surface area contributed by atoms with Gasteiger partial charge in [-0.15, -0.1) is 0 Å². The van der Waals surface area contributed by atoms with E-state index < -0.39 is 0 Å². The molecule has 0 saturated carbocycles. The van der Waals surface area contributed by atoms with Gasteiger partial charge in [-0.2, -0.15) is 0 Å². The molecule has 0 heterocycles. The first-order valence-electron chi connectivity index (χ1n) is 9.70. The summed E-state index contributed by atoms with van der Waals surface area (Å²) in [5, 5.41) is 4.93. The Morgan fingerprint density at radius 2 is 1.62 bits per heavy atom. The molecular weight excluding hydrogens is 456 g/mol. The van der Waals surface area contributed by atoms with Crippen molar-refractivity contribution < 1.29 is 14.3 Å². The molecule has 0 saturated heterocycles. The third-order valence-electron chi connectivity index (χ3n) is 3.76.